The van der Waals surface area contributed by atoms with E-state index in [1.807, 2.05) is 55.3 Å². The van der Waals surface area contributed by atoms with Gasteiger partial charge in [0.25, 0.3) is 5.91 Å². The quantitative estimate of drug-likeness (QED) is 0.796. The maximum atomic E-state index is 12.7. The molecule has 1 saturated heterocycles. The highest BCUT2D eigenvalue weighted by Crippen LogP contribution is 2.23. The molecule has 1 aromatic carbocycles. The van der Waals surface area contributed by atoms with Gasteiger partial charge in [-0.05, 0) is 49.7 Å². The highest BCUT2D eigenvalue weighted by atomic mass is 32.2. The second kappa shape index (κ2) is 7.81. The summed E-state index contributed by atoms with van der Waals surface area (Å²) in [6, 6.07) is 12.0. The summed E-state index contributed by atoms with van der Waals surface area (Å²) in [4.78, 5) is 19.9. The fourth-order valence-electron chi connectivity index (χ4n) is 2.70. The maximum Gasteiger partial charge on any atom is 0.254 e. The lowest BCUT2D eigenvalue weighted by Crippen LogP contribution is -2.50. The average molecular weight is 342 g/mol. The summed E-state index contributed by atoms with van der Waals surface area (Å²) >= 11 is 1.75. The average Bonchev–Trinajstić information content (AvgIpc) is 2.63. The Morgan fingerprint density at radius 2 is 2.08 bits per heavy atom. The van der Waals surface area contributed by atoms with Crippen LogP contribution in [0.15, 0.2) is 53.7 Å². The first-order valence-corrected chi connectivity index (χ1v) is 9.16. The summed E-state index contributed by atoms with van der Waals surface area (Å²) < 4.78 is 5.60. The molecule has 0 bridgehead atoms. The third kappa shape index (κ3) is 4.16. The number of carbonyl (C=O) groups is 1. The lowest BCUT2D eigenvalue weighted by Gasteiger charge is -2.36. The fourth-order valence-corrected chi connectivity index (χ4v) is 3.53. The van der Waals surface area contributed by atoms with Crippen LogP contribution in [0, 0.1) is 0 Å². The first-order chi connectivity index (χ1) is 11.6. The molecule has 0 radical (unpaired) electrons. The van der Waals surface area contributed by atoms with Crippen LogP contribution in [0.1, 0.15) is 29.8 Å². The Bertz CT molecular complexity index is 676. The number of aromatic nitrogens is 1. The second-order valence-corrected chi connectivity index (χ2v) is 7.17. The molecule has 2 atom stereocenters. The molecule has 1 aromatic heterocycles. The van der Waals surface area contributed by atoms with Crippen molar-refractivity contribution >= 4 is 17.7 Å². The zero-order valence-electron chi connectivity index (χ0n) is 14.0. The molecule has 1 aliphatic rings. The zero-order valence-corrected chi connectivity index (χ0v) is 14.8. The lowest BCUT2D eigenvalue weighted by molar-refractivity contribution is -0.0387. The van der Waals surface area contributed by atoms with E-state index in [1.165, 1.54) is 5.56 Å². The Hall–Kier alpha value is -1.85. The molecular formula is C19H22N2O2S. The van der Waals surface area contributed by atoms with Gasteiger partial charge in [0, 0.05) is 35.2 Å². The third-order valence-corrected chi connectivity index (χ3v) is 5.18. The molecule has 126 valence electrons. The lowest BCUT2D eigenvalue weighted by atomic mass is 10.1. The SMILES string of the molecule is C[C@@H]1CO[C@@H](C)CN1C(=O)c1ccc(SCc2cccnc2)cc1. The second-order valence-electron chi connectivity index (χ2n) is 6.12. The molecule has 0 unspecified atom stereocenters. The zero-order chi connectivity index (χ0) is 16.9. The number of hydrogen-bond donors (Lipinski definition) is 0. The van der Waals surface area contributed by atoms with Crippen LogP contribution in [-0.4, -0.2) is 41.1 Å². The Labute approximate surface area is 147 Å². The van der Waals surface area contributed by atoms with Crippen LogP contribution in [-0.2, 0) is 10.5 Å². The van der Waals surface area contributed by atoms with E-state index in [0.717, 1.165) is 16.2 Å². The molecule has 5 heteroatoms. The van der Waals surface area contributed by atoms with E-state index in [9.17, 15) is 4.79 Å². The summed E-state index contributed by atoms with van der Waals surface area (Å²) in [6.45, 7) is 5.29. The van der Waals surface area contributed by atoms with Gasteiger partial charge in [-0.3, -0.25) is 9.78 Å². The van der Waals surface area contributed by atoms with E-state index in [1.54, 1.807) is 18.0 Å². The Kier molecular flexibility index (Phi) is 5.53. The van der Waals surface area contributed by atoms with E-state index in [4.69, 9.17) is 4.74 Å². The summed E-state index contributed by atoms with van der Waals surface area (Å²) in [5, 5.41) is 0. The van der Waals surface area contributed by atoms with Crippen LogP contribution in [0.5, 0.6) is 0 Å². The summed E-state index contributed by atoms with van der Waals surface area (Å²) in [5.74, 6) is 0.959. The highest BCUT2D eigenvalue weighted by molar-refractivity contribution is 7.98. The predicted molar refractivity (Wildman–Crippen MR) is 96.2 cm³/mol. The van der Waals surface area contributed by atoms with Gasteiger partial charge in [0.05, 0.1) is 18.8 Å². The number of amides is 1. The number of benzene rings is 1. The number of ether oxygens (including phenoxy) is 1. The molecule has 1 amide bonds. The van der Waals surface area contributed by atoms with Crippen LogP contribution in [0.25, 0.3) is 0 Å². The summed E-state index contributed by atoms with van der Waals surface area (Å²) in [7, 11) is 0. The van der Waals surface area contributed by atoms with Crippen molar-refractivity contribution < 1.29 is 9.53 Å². The van der Waals surface area contributed by atoms with E-state index in [2.05, 4.69) is 11.1 Å². The Balaban J connectivity index is 1.62. The molecule has 1 aliphatic heterocycles. The van der Waals surface area contributed by atoms with Crippen molar-refractivity contribution in [2.75, 3.05) is 13.2 Å². The number of rotatable bonds is 4. The van der Waals surface area contributed by atoms with E-state index in [0.29, 0.717) is 13.2 Å². The number of morpholine rings is 1. The molecule has 0 aliphatic carbocycles. The van der Waals surface area contributed by atoms with Crippen LogP contribution in [0.2, 0.25) is 0 Å². The van der Waals surface area contributed by atoms with Crippen molar-refractivity contribution in [2.45, 2.75) is 36.6 Å². The first kappa shape index (κ1) is 17.0. The van der Waals surface area contributed by atoms with Gasteiger partial charge in [-0.25, -0.2) is 0 Å². The fraction of sp³-hybridized carbons (Fsp3) is 0.368. The predicted octanol–water partition coefficient (Wildman–Crippen LogP) is 3.62. The minimum Gasteiger partial charge on any atom is -0.375 e. The molecule has 0 N–H and O–H groups in total. The molecule has 24 heavy (non-hydrogen) atoms. The molecular weight excluding hydrogens is 320 g/mol. The Morgan fingerprint density at radius 3 is 2.79 bits per heavy atom. The third-order valence-electron chi connectivity index (χ3n) is 4.10. The molecule has 0 spiro atoms. The van der Waals surface area contributed by atoms with Crippen LogP contribution < -0.4 is 0 Å². The van der Waals surface area contributed by atoms with Crippen molar-refractivity contribution in [3.05, 3.63) is 59.9 Å². The molecule has 2 aromatic rings. The van der Waals surface area contributed by atoms with Crippen molar-refractivity contribution in [3.63, 3.8) is 0 Å². The summed E-state index contributed by atoms with van der Waals surface area (Å²) in [5.41, 5.74) is 1.93. The summed E-state index contributed by atoms with van der Waals surface area (Å²) in [6.07, 6.45) is 3.76. The van der Waals surface area contributed by atoms with Crippen molar-refractivity contribution in [1.29, 1.82) is 0 Å². The normalized spacial score (nSPS) is 20.8. The van der Waals surface area contributed by atoms with Crippen LogP contribution in [0.4, 0.5) is 0 Å². The molecule has 4 nitrogen and oxygen atoms in total. The number of thioether (sulfide) groups is 1. The van der Waals surface area contributed by atoms with Gasteiger partial charge in [0.2, 0.25) is 0 Å². The van der Waals surface area contributed by atoms with Gasteiger partial charge in [0.15, 0.2) is 0 Å². The Morgan fingerprint density at radius 1 is 1.29 bits per heavy atom. The highest BCUT2D eigenvalue weighted by Gasteiger charge is 2.28. The smallest absolute Gasteiger partial charge is 0.254 e. The number of pyridine rings is 1. The topological polar surface area (TPSA) is 42.4 Å². The molecule has 0 saturated carbocycles. The van der Waals surface area contributed by atoms with E-state index < -0.39 is 0 Å². The number of nitrogens with zero attached hydrogens (tertiary/aromatic N) is 2. The van der Waals surface area contributed by atoms with Gasteiger partial charge in [0.1, 0.15) is 0 Å². The van der Waals surface area contributed by atoms with Crippen molar-refractivity contribution in [3.8, 4) is 0 Å². The first-order valence-electron chi connectivity index (χ1n) is 8.18. The van der Waals surface area contributed by atoms with E-state index in [-0.39, 0.29) is 18.1 Å². The van der Waals surface area contributed by atoms with E-state index >= 15 is 0 Å². The van der Waals surface area contributed by atoms with Gasteiger partial charge in [-0.1, -0.05) is 6.07 Å². The molecule has 1 fully saturated rings. The van der Waals surface area contributed by atoms with Gasteiger partial charge in [-0.2, -0.15) is 0 Å². The van der Waals surface area contributed by atoms with Crippen LogP contribution in [0.3, 0.4) is 0 Å². The van der Waals surface area contributed by atoms with Gasteiger partial charge < -0.3 is 9.64 Å². The van der Waals surface area contributed by atoms with Crippen molar-refractivity contribution in [2.24, 2.45) is 0 Å². The van der Waals surface area contributed by atoms with Gasteiger partial charge >= 0.3 is 0 Å². The minimum absolute atomic E-state index is 0.0847. The standard InChI is InChI=1S/C19H22N2O2S/c1-14-12-23-15(2)11-21(14)19(22)17-5-7-18(8-6-17)24-13-16-4-3-9-20-10-16/h3-10,14-15H,11-13H2,1-2H3/t14-,15+/m1/s1. The number of hydrogen-bond acceptors (Lipinski definition) is 4. The molecule has 3 rings (SSSR count). The van der Waals surface area contributed by atoms with Crippen molar-refractivity contribution in [1.82, 2.24) is 9.88 Å². The molecule has 2 heterocycles. The maximum absolute atomic E-state index is 12.7. The van der Waals surface area contributed by atoms with Gasteiger partial charge in [-0.15, -0.1) is 11.8 Å². The number of carbonyl (C=O) groups excluding carboxylic acids is 1. The minimum atomic E-state index is 0.0847. The van der Waals surface area contributed by atoms with Crippen LogP contribution >= 0.6 is 11.8 Å². The monoisotopic (exact) mass is 342 g/mol. The largest absolute Gasteiger partial charge is 0.375 e.